The number of nitrogens with one attached hydrogen (secondary N) is 1. The van der Waals surface area contributed by atoms with Crippen LogP contribution in [0.15, 0.2) is 78.9 Å². The molecule has 0 radical (unpaired) electrons. The van der Waals surface area contributed by atoms with Crippen molar-refractivity contribution in [1.29, 1.82) is 0 Å². The van der Waals surface area contributed by atoms with Gasteiger partial charge in [0.25, 0.3) is 5.91 Å². The molecular weight excluding hydrogens is 350 g/mol. The second-order valence-corrected chi connectivity index (χ2v) is 6.87. The molecule has 0 bridgehead atoms. The number of para-hydroxylation sites is 1. The van der Waals surface area contributed by atoms with Gasteiger partial charge in [-0.2, -0.15) is 0 Å². The van der Waals surface area contributed by atoms with Crippen molar-refractivity contribution in [2.24, 2.45) is 0 Å². The molecule has 4 heteroatoms. The third-order valence-electron chi connectivity index (χ3n) is 4.43. The van der Waals surface area contributed by atoms with E-state index in [-0.39, 0.29) is 18.5 Å². The number of hydrogen-bond acceptors (Lipinski definition) is 3. The van der Waals surface area contributed by atoms with Gasteiger partial charge in [0.1, 0.15) is 6.61 Å². The van der Waals surface area contributed by atoms with Crippen LogP contribution in [0.4, 0.5) is 5.69 Å². The van der Waals surface area contributed by atoms with Crippen LogP contribution in [0.5, 0.6) is 0 Å². The Balaban J connectivity index is 1.55. The summed E-state index contributed by atoms with van der Waals surface area (Å²) in [6.45, 7) is 4.37. The number of amides is 1. The van der Waals surface area contributed by atoms with Crippen molar-refractivity contribution >= 4 is 17.6 Å². The van der Waals surface area contributed by atoms with E-state index in [0.29, 0.717) is 17.0 Å². The van der Waals surface area contributed by atoms with Crippen molar-refractivity contribution in [2.45, 2.75) is 26.4 Å². The van der Waals surface area contributed by atoms with Crippen LogP contribution in [0.1, 0.15) is 51.6 Å². The Hall–Kier alpha value is -3.40. The lowest BCUT2D eigenvalue weighted by Crippen LogP contribution is -2.12. The molecule has 0 aliphatic heterocycles. The highest BCUT2D eigenvalue weighted by molar-refractivity contribution is 6.04. The number of carbonyl (C=O) groups excluding carboxylic acids is 2. The molecule has 28 heavy (non-hydrogen) atoms. The normalized spacial score (nSPS) is 10.5. The molecule has 0 aliphatic carbocycles. The second-order valence-electron chi connectivity index (χ2n) is 6.87. The average molecular weight is 373 g/mol. The lowest BCUT2D eigenvalue weighted by atomic mass is 10.0. The summed E-state index contributed by atoms with van der Waals surface area (Å²) >= 11 is 0. The number of ether oxygens (including phenoxy) is 1. The first kappa shape index (κ1) is 19.4. The van der Waals surface area contributed by atoms with Crippen LogP contribution >= 0.6 is 0 Å². The van der Waals surface area contributed by atoms with Gasteiger partial charge in [-0.3, -0.25) is 4.79 Å². The van der Waals surface area contributed by atoms with Gasteiger partial charge in [0, 0.05) is 11.3 Å². The SMILES string of the molecule is CC(C)c1ccc(C(=O)OCc2ccc(C(=O)Nc3ccccc3)cc2)cc1. The Bertz CT molecular complexity index is 930. The fraction of sp³-hybridized carbons (Fsp3) is 0.167. The molecule has 0 heterocycles. The number of rotatable bonds is 6. The first-order chi connectivity index (χ1) is 13.5. The Kier molecular flexibility index (Phi) is 6.22. The van der Waals surface area contributed by atoms with Gasteiger partial charge in [-0.1, -0.05) is 56.3 Å². The van der Waals surface area contributed by atoms with Gasteiger partial charge < -0.3 is 10.1 Å². The number of esters is 1. The zero-order chi connectivity index (χ0) is 19.9. The molecule has 0 aliphatic rings. The van der Waals surface area contributed by atoms with Crippen LogP contribution in [-0.2, 0) is 11.3 Å². The van der Waals surface area contributed by atoms with Gasteiger partial charge in [-0.05, 0) is 53.4 Å². The molecule has 142 valence electrons. The first-order valence-corrected chi connectivity index (χ1v) is 9.25. The summed E-state index contributed by atoms with van der Waals surface area (Å²) in [7, 11) is 0. The van der Waals surface area contributed by atoms with Crippen LogP contribution in [0.2, 0.25) is 0 Å². The largest absolute Gasteiger partial charge is 0.457 e. The Morgan fingerprint density at radius 1 is 0.821 bits per heavy atom. The topological polar surface area (TPSA) is 55.4 Å². The highest BCUT2D eigenvalue weighted by Crippen LogP contribution is 2.16. The molecule has 0 unspecified atom stereocenters. The maximum Gasteiger partial charge on any atom is 0.338 e. The van der Waals surface area contributed by atoms with Crippen molar-refractivity contribution < 1.29 is 14.3 Å². The third-order valence-corrected chi connectivity index (χ3v) is 4.43. The Morgan fingerprint density at radius 2 is 1.43 bits per heavy atom. The number of benzene rings is 3. The molecule has 0 spiro atoms. The van der Waals surface area contributed by atoms with E-state index >= 15 is 0 Å². The predicted octanol–water partition coefficient (Wildman–Crippen LogP) is 5.42. The number of anilines is 1. The Labute approximate surface area is 165 Å². The zero-order valence-corrected chi connectivity index (χ0v) is 16.0. The lowest BCUT2D eigenvalue weighted by molar-refractivity contribution is 0.0472. The van der Waals surface area contributed by atoms with Gasteiger partial charge in [0.05, 0.1) is 5.56 Å². The fourth-order valence-corrected chi connectivity index (χ4v) is 2.71. The van der Waals surface area contributed by atoms with Gasteiger partial charge in [-0.15, -0.1) is 0 Å². The van der Waals surface area contributed by atoms with Gasteiger partial charge in [0.15, 0.2) is 0 Å². The van der Waals surface area contributed by atoms with Crippen molar-refractivity contribution in [1.82, 2.24) is 0 Å². The minimum atomic E-state index is -0.360. The molecule has 0 saturated heterocycles. The smallest absolute Gasteiger partial charge is 0.338 e. The highest BCUT2D eigenvalue weighted by Gasteiger charge is 2.10. The van der Waals surface area contributed by atoms with Gasteiger partial charge in [-0.25, -0.2) is 4.79 Å². The Morgan fingerprint density at radius 3 is 2.04 bits per heavy atom. The minimum absolute atomic E-state index is 0.158. The van der Waals surface area contributed by atoms with E-state index in [9.17, 15) is 9.59 Å². The van der Waals surface area contributed by atoms with Crippen molar-refractivity contribution in [3.8, 4) is 0 Å². The quantitative estimate of drug-likeness (QED) is 0.587. The molecule has 3 aromatic rings. The molecule has 0 atom stereocenters. The molecule has 0 aromatic heterocycles. The standard InChI is InChI=1S/C24H23NO3/c1-17(2)19-12-14-21(15-13-19)24(27)28-16-18-8-10-20(11-9-18)23(26)25-22-6-4-3-5-7-22/h3-15,17H,16H2,1-2H3,(H,25,26). The number of carbonyl (C=O) groups is 2. The van der Waals surface area contributed by atoms with E-state index < -0.39 is 0 Å². The molecule has 0 saturated carbocycles. The summed E-state index contributed by atoms with van der Waals surface area (Å²) in [4.78, 5) is 24.4. The third kappa shape index (κ3) is 5.07. The second kappa shape index (κ2) is 9.00. The van der Waals surface area contributed by atoms with Crippen LogP contribution in [0.3, 0.4) is 0 Å². The summed E-state index contributed by atoms with van der Waals surface area (Å²) in [6, 6.07) is 23.8. The van der Waals surface area contributed by atoms with Crippen LogP contribution < -0.4 is 5.32 Å². The summed E-state index contributed by atoms with van der Waals surface area (Å²) < 4.78 is 5.37. The summed E-state index contributed by atoms with van der Waals surface area (Å²) in [5.41, 5.74) is 3.82. The van der Waals surface area contributed by atoms with Crippen molar-refractivity contribution in [3.05, 3.63) is 101 Å². The van der Waals surface area contributed by atoms with Crippen LogP contribution in [0, 0.1) is 0 Å². The molecule has 0 fully saturated rings. The minimum Gasteiger partial charge on any atom is -0.457 e. The van der Waals surface area contributed by atoms with Gasteiger partial charge in [0.2, 0.25) is 0 Å². The maximum absolute atomic E-state index is 12.3. The van der Waals surface area contributed by atoms with Crippen LogP contribution in [-0.4, -0.2) is 11.9 Å². The molecule has 4 nitrogen and oxygen atoms in total. The molecule has 3 aromatic carbocycles. The predicted molar refractivity (Wildman–Crippen MR) is 110 cm³/mol. The first-order valence-electron chi connectivity index (χ1n) is 9.25. The molecule has 1 N–H and O–H groups in total. The van der Waals surface area contributed by atoms with E-state index in [1.807, 2.05) is 42.5 Å². The average Bonchev–Trinajstić information content (AvgIpc) is 2.73. The highest BCUT2D eigenvalue weighted by atomic mass is 16.5. The molecule has 1 amide bonds. The maximum atomic E-state index is 12.3. The van der Waals surface area contributed by atoms with E-state index in [1.54, 1.807) is 36.4 Å². The summed E-state index contributed by atoms with van der Waals surface area (Å²) in [6.07, 6.45) is 0. The van der Waals surface area contributed by atoms with Crippen LogP contribution in [0.25, 0.3) is 0 Å². The molecular formula is C24H23NO3. The zero-order valence-electron chi connectivity index (χ0n) is 16.0. The summed E-state index contributed by atoms with van der Waals surface area (Å²) in [5, 5.41) is 2.84. The van der Waals surface area contributed by atoms with E-state index in [0.717, 1.165) is 11.3 Å². The van der Waals surface area contributed by atoms with E-state index in [2.05, 4.69) is 19.2 Å². The van der Waals surface area contributed by atoms with Crippen molar-refractivity contribution in [2.75, 3.05) is 5.32 Å². The number of hydrogen-bond donors (Lipinski definition) is 1. The summed E-state index contributed by atoms with van der Waals surface area (Å²) in [5.74, 6) is -0.121. The van der Waals surface area contributed by atoms with E-state index in [1.165, 1.54) is 5.56 Å². The van der Waals surface area contributed by atoms with E-state index in [4.69, 9.17) is 4.74 Å². The molecule has 3 rings (SSSR count). The lowest BCUT2D eigenvalue weighted by Gasteiger charge is -2.08. The van der Waals surface area contributed by atoms with Crippen molar-refractivity contribution in [3.63, 3.8) is 0 Å². The van der Waals surface area contributed by atoms with Gasteiger partial charge >= 0.3 is 5.97 Å². The fourth-order valence-electron chi connectivity index (χ4n) is 2.71. The monoisotopic (exact) mass is 373 g/mol.